The summed E-state index contributed by atoms with van der Waals surface area (Å²) >= 11 is 0. The Labute approximate surface area is 128 Å². The highest BCUT2D eigenvalue weighted by molar-refractivity contribution is 5.80. The van der Waals surface area contributed by atoms with Crippen molar-refractivity contribution in [2.24, 2.45) is 5.92 Å². The summed E-state index contributed by atoms with van der Waals surface area (Å²) in [5, 5.41) is 3.14. The van der Waals surface area contributed by atoms with Crippen LogP contribution in [0.25, 0.3) is 0 Å². The molecule has 2 heterocycles. The van der Waals surface area contributed by atoms with E-state index in [1.807, 2.05) is 0 Å². The molecule has 0 bridgehead atoms. The van der Waals surface area contributed by atoms with Gasteiger partial charge in [-0.15, -0.1) is 0 Å². The van der Waals surface area contributed by atoms with Crippen LogP contribution in [-0.4, -0.2) is 68.6 Å². The third-order valence-electron chi connectivity index (χ3n) is 4.59. The fourth-order valence-corrected chi connectivity index (χ4v) is 2.95. The van der Waals surface area contributed by atoms with Crippen LogP contribution in [0.4, 0.5) is 13.2 Å². The Morgan fingerprint density at radius 2 is 2.14 bits per heavy atom. The molecular weight excluding hydrogens is 301 g/mol. The molecule has 0 aromatic heterocycles. The Balaban J connectivity index is 2.02. The molecule has 0 aromatic rings. The average Bonchev–Trinajstić information content (AvgIpc) is 2.69. The van der Waals surface area contributed by atoms with Crippen molar-refractivity contribution in [2.75, 3.05) is 39.9 Å². The van der Waals surface area contributed by atoms with E-state index in [0.29, 0.717) is 6.54 Å². The lowest BCUT2D eigenvalue weighted by Gasteiger charge is -2.34. The zero-order chi connectivity index (χ0) is 16.4. The molecule has 2 aliphatic heterocycles. The van der Waals surface area contributed by atoms with Crippen molar-refractivity contribution in [3.63, 3.8) is 0 Å². The standard InChI is InChI=1S/C14H23F3N2O3/c1-13(14(15,16)17)4-6-19(7-8-22-13)12(20)10-9-18-5-3-11(10)21-2/h10-11,18H,3-9H2,1-2H3. The summed E-state index contributed by atoms with van der Waals surface area (Å²) in [4.78, 5) is 14.1. The Kier molecular flexibility index (Phi) is 5.34. The Morgan fingerprint density at radius 3 is 2.77 bits per heavy atom. The van der Waals surface area contributed by atoms with Gasteiger partial charge in [-0.05, 0) is 19.9 Å². The van der Waals surface area contributed by atoms with Crippen molar-refractivity contribution in [1.82, 2.24) is 10.2 Å². The third-order valence-corrected chi connectivity index (χ3v) is 4.59. The molecule has 0 radical (unpaired) electrons. The fourth-order valence-electron chi connectivity index (χ4n) is 2.95. The number of halogens is 3. The largest absolute Gasteiger partial charge is 0.417 e. The molecule has 2 fully saturated rings. The molecule has 0 aromatic carbocycles. The first kappa shape index (κ1) is 17.5. The summed E-state index contributed by atoms with van der Waals surface area (Å²) < 4.78 is 49.5. The van der Waals surface area contributed by atoms with Gasteiger partial charge in [0.05, 0.1) is 18.6 Å². The number of nitrogens with one attached hydrogen (secondary N) is 1. The van der Waals surface area contributed by atoms with Crippen LogP contribution >= 0.6 is 0 Å². The number of rotatable bonds is 2. The van der Waals surface area contributed by atoms with Gasteiger partial charge < -0.3 is 19.7 Å². The molecule has 128 valence electrons. The fraction of sp³-hybridized carbons (Fsp3) is 0.929. The molecule has 1 N–H and O–H groups in total. The maximum atomic E-state index is 13.0. The van der Waals surface area contributed by atoms with E-state index in [-0.39, 0.29) is 44.0 Å². The minimum absolute atomic E-state index is 0.0434. The lowest BCUT2D eigenvalue weighted by atomic mass is 9.94. The second-order valence-electron chi connectivity index (χ2n) is 6.03. The van der Waals surface area contributed by atoms with Crippen molar-refractivity contribution in [2.45, 2.75) is 37.6 Å². The van der Waals surface area contributed by atoms with Crippen molar-refractivity contribution in [3.05, 3.63) is 0 Å². The molecule has 3 atom stereocenters. The number of amides is 1. The molecule has 0 aliphatic carbocycles. The van der Waals surface area contributed by atoms with Crippen LogP contribution < -0.4 is 5.32 Å². The zero-order valence-corrected chi connectivity index (χ0v) is 12.9. The van der Waals surface area contributed by atoms with Gasteiger partial charge >= 0.3 is 6.18 Å². The van der Waals surface area contributed by atoms with E-state index in [9.17, 15) is 18.0 Å². The van der Waals surface area contributed by atoms with E-state index in [0.717, 1.165) is 19.9 Å². The van der Waals surface area contributed by atoms with Gasteiger partial charge in [-0.25, -0.2) is 0 Å². The smallest absolute Gasteiger partial charge is 0.381 e. The highest BCUT2D eigenvalue weighted by Gasteiger charge is 2.53. The highest BCUT2D eigenvalue weighted by Crippen LogP contribution is 2.37. The first-order chi connectivity index (χ1) is 10.3. The first-order valence-electron chi connectivity index (χ1n) is 7.51. The first-order valence-corrected chi connectivity index (χ1v) is 7.51. The summed E-state index contributed by atoms with van der Waals surface area (Å²) in [6.45, 7) is 2.42. The molecule has 3 unspecified atom stereocenters. The number of piperidine rings is 1. The number of ether oxygens (including phenoxy) is 2. The normalized spacial score (nSPS) is 34.3. The van der Waals surface area contributed by atoms with E-state index in [1.165, 1.54) is 4.90 Å². The summed E-state index contributed by atoms with van der Waals surface area (Å²) in [6, 6.07) is 0. The number of hydrogen-bond acceptors (Lipinski definition) is 4. The summed E-state index contributed by atoms with van der Waals surface area (Å²) in [5.74, 6) is -0.511. The minimum Gasteiger partial charge on any atom is -0.381 e. The van der Waals surface area contributed by atoms with Crippen LogP contribution in [0.15, 0.2) is 0 Å². The average molecular weight is 324 g/mol. The van der Waals surface area contributed by atoms with Gasteiger partial charge in [-0.1, -0.05) is 0 Å². The van der Waals surface area contributed by atoms with E-state index >= 15 is 0 Å². The maximum absolute atomic E-state index is 13.0. The van der Waals surface area contributed by atoms with Gasteiger partial charge in [0.15, 0.2) is 5.60 Å². The maximum Gasteiger partial charge on any atom is 0.417 e. The topological polar surface area (TPSA) is 50.8 Å². The van der Waals surface area contributed by atoms with Gasteiger partial charge in [-0.3, -0.25) is 4.79 Å². The number of hydrogen-bond donors (Lipinski definition) is 1. The van der Waals surface area contributed by atoms with E-state index in [4.69, 9.17) is 9.47 Å². The van der Waals surface area contributed by atoms with Crippen molar-refractivity contribution >= 4 is 5.91 Å². The predicted octanol–water partition coefficient (Wildman–Crippen LogP) is 1.18. The molecule has 0 saturated carbocycles. The second kappa shape index (κ2) is 6.72. The predicted molar refractivity (Wildman–Crippen MR) is 73.4 cm³/mol. The molecule has 22 heavy (non-hydrogen) atoms. The third kappa shape index (κ3) is 3.55. The van der Waals surface area contributed by atoms with Crippen LogP contribution in [0.2, 0.25) is 0 Å². The lowest BCUT2D eigenvalue weighted by molar-refractivity contribution is -0.269. The summed E-state index contributed by atoms with van der Waals surface area (Å²) in [6.07, 6.45) is -4.16. The van der Waals surface area contributed by atoms with Crippen molar-refractivity contribution < 1.29 is 27.4 Å². The quantitative estimate of drug-likeness (QED) is 0.829. The summed E-state index contributed by atoms with van der Waals surface area (Å²) in [5.41, 5.74) is -2.19. The van der Waals surface area contributed by atoms with Gasteiger partial charge in [0, 0.05) is 33.2 Å². The number of nitrogens with zero attached hydrogens (tertiary/aromatic N) is 1. The van der Waals surface area contributed by atoms with Gasteiger partial charge in [0.1, 0.15) is 0 Å². The van der Waals surface area contributed by atoms with E-state index in [2.05, 4.69) is 5.32 Å². The van der Waals surface area contributed by atoms with Gasteiger partial charge in [-0.2, -0.15) is 13.2 Å². The zero-order valence-electron chi connectivity index (χ0n) is 12.9. The van der Waals surface area contributed by atoms with Gasteiger partial charge in [0.2, 0.25) is 5.91 Å². The monoisotopic (exact) mass is 324 g/mol. The number of carbonyl (C=O) groups is 1. The molecule has 2 aliphatic rings. The van der Waals surface area contributed by atoms with Crippen LogP contribution in [-0.2, 0) is 14.3 Å². The Hall–Kier alpha value is -0.860. The Bertz CT molecular complexity index is 405. The van der Waals surface area contributed by atoms with Crippen LogP contribution in [0, 0.1) is 5.92 Å². The van der Waals surface area contributed by atoms with Crippen LogP contribution in [0.5, 0.6) is 0 Å². The number of carbonyl (C=O) groups excluding carboxylic acids is 1. The van der Waals surface area contributed by atoms with Gasteiger partial charge in [0.25, 0.3) is 0 Å². The number of alkyl halides is 3. The second-order valence-corrected chi connectivity index (χ2v) is 6.03. The van der Waals surface area contributed by atoms with E-state index in [1.54, 1.807) is 7.11 Å². The lowest BCUT2D eigenvalue weighted by Crippen LogP contribution is -2.51. The van der Waals surface area contributed by atoms with Crippen LogP contribution in [0.1, 0.15) is 19.8 Å². The van der Waals surface area contributed by atoms with E-state index < -0.39 is 11.8 Å². The molecular formula is C14H23F3N2O3. The number of methoxy groups -OCH3 is 1. The minimum atomic E-state index is -4.44. The Morgan fingerprint density at radius 1 is 1.41 bits per heavy atom. The van der Waals surface area contributed by atoms with Crippen molar-refractivity contribution in [1.29, 1.82) is 0 Å². The molecule has 2 saturated heterocycles. The van der Waals surface area contributed by atoms with Crippen LogP contribution in [0.3, 0.4) is 0 Å². The molecule has 2 rings (SSSR count). The highest BCUT2D eigenvalue weighted by atomic mass is 19.4. The van der Waals surface area contributed by atoms with Crippen molar-refractivity contribution in [3.8, 4) is 0 Å². The molecule has 0 spiro atoms. The summed E-state index contributed by atoms with van der Waals surface area (Å²) in [7, 11) is 1.56. The molecule has 8 heteroatoms. The molecule has 1 amide bonds. The SMILES string of the molecule is COC1CCNCC1C(=O)N1CCOC(C)(C(F)(F)F)CC1. The molecule has 5 nitrogen and oxygen atoms in total.